The zero-order valence-electron chi connectivity index (χ0n) is 23.7. The highest BCUT2D eigenvalue weighted by Gasteiger charge is 2.22. The Balaban J connectivity index is 1.12. The number of anilines is 1. The van der Waals surface area contributed by atoms with Gasteiger partial charge in [-0.1, -0.05) is 23.7 Å². The van der Waals surface area contributed by atoms with E-state index in [9.17, 15) is 9.59 Å². The topological polar surface area (TPSA) is 86.1 Å². The van der Waals surface area contributed by atoms with E-state index in [0.29, 0.717) is 45.5 Å². The van der Waals surface area contributed by atoms with Crippen molar-refractivity contribution in [3.63, 3.8) is 0 Å². The molecule has 3 aromatic carbocycles. The second-order valence-corrected chi connectivity index (χ2v) is 11.4. The first-order valence-electron chi connectivity index (χ1n) is 13.7. The van der Waals surface area contributed by atoms with Gasteiger partial charge in [-0.2, -0.15) is 0 Å². The molecule has 1 aliphatic rings. The van der Waals surface area contributed by atoms with Crippen LogP contribution in [0.3, 0.4) is 0 Å². The minimum Gasteiger partial charge on any atom is -0.497 e. The molecule has 0 atom stereocenters. The van der Waals surface area contributed by atoms with Crippen LogP contribution in [0.5, 0.6) is 17.2 Å². The molecule has 1 aliphatic heterocycles. The average molecular weight is 617 g/mol. The maximum Gasteiger partial charge on any atom is 0.275 e. The third-order valence-corrected chi connectivity index (χ3v) is 8.83. The molecule has 0 bridgehead atoms. The number of aromatic nitrogens is 2. The number of carbonyl (C=O) groups excluding carboxylic acids is 1. The highest BCUT2D eigenvalue weighted by Crippen LogP contribution is 2.33. The molecule has 5 aromatic rings. The van der Waals surface area contributed by atoms with Crippen molar-refractivity contribution in [1.29, 1.82) is 0 Å². The van der Waals surface area contributed by atoms with Crippen LogP contribution in [0.2, 0.25) is 5.02 Å². The van der Waals surface area contributed by atoms with Crippen molar-refractivity contribution in [3.05, 3.63) is 94.5 Å². The number of hydrogen-bond donors (Lipinski definition) is 0. The predicted octanol–water partition coefficient (Wildman–Crippen LogP) is 5.51. The van der Waals surface area contributed by atoms with E-state index >= 15 is 0 Å². The molecular formula is C32H29ClN4O5S. The van der Waals surface area contributed by atoms with Gasteiger partial charge in [0, 0.05) is 47.8 Å². The highest BCUT2D eigenvalue weighted by atomic mass is 35.5. The molecule has 220 valence electrons. The number of piperazine rings is 1. The number of rotatable bonds is 8. The Morgan fingerprint density at radius 2 is 1.60 bits per heavy atom. The summed E-state index contributed by atoms with van der Waals surface area (Å²) >= 11 is 7.41. The van der Waals surface area contributed by atoms with E-state index in [-0.39, 0.29) is 18.1 Å². The Bertz CT molecular complexity index is 1810. The fourth-order valence-electron chi connectivity index (χ4n) is 5.02. The van der Waals surface area contributed by atoms with E-state index < -0.39 is 0 Å². The molecule has 0 radical (unpaired) electrons. The number of ether oxygens (including phenoxy) is 3. The van der Waals surface area contributed by atoms with Crippen LogP contribution >= 0.6 is 22.9 Å². The fraction of sp³-hybridized carbons (Fsp3) is 0.219. The Morgan fingerprint density at radius 1 is 0.884 bits per heavy atom. The first-order valence-corrected chi connectivity index (χ1v) is 14.9. The van der Waals surface area contributed by atoms with Gasteiger partial charge in [0.1, 0.15) is 16.8 Å². The van der Waals surface area contributed by atoms with Crippen LogP contribution in [0.1, 0.15) is 0 Å². The summed E-state index contributed by atoms with van der Waals surface area (Å²) in [6, 6.07) is 22.5. The molecule has 0 saturated carbocycles. The lowest BCUT2D eigenvalue weighted by molar-refractivity contribution is -0.133. The van der Waals surface area contributed by atoms with Crippen molar-refractivity contribution in [1.82, 2.24) is 14.5 Å². The smallest absolute Gasteiger partial charge is 0.275 e. The standard InChI is InChI=1S/C32H29ClN4O5S/c1-40-25-10-7-23(8-11-25)35-13-15-36(16-14-35)30(38)19-42-27-12-9-24(17-28(27)41-2)37-20-34-26-18-29(43-31(26)32(37)39)21-3-5-22(33)6-4-21/h3-12,17-18,20H,13-16,19H2,1-2H3. The van der Waals surface area contributed by atoms with Gasteiger partial charge < -0.3 is 24.0 Å². The second-order valence-electron chi connectivity index (χ2n) is 9.94. The molecule has 1 amide bonds. The van der Waals surface area contributed by atoms with E-state index in [1.54, 1.807) is 30.2 Å². The van der Waals surface area contributed by atoms with E-state index in [1.165, 1.54) is 29.3 Å². The summed E-state index contributed by atoms with van der Waals surface area (Å²) < 4.78 is 18.7. The van der Waals surface area contributed by atoms with Crippen molar-refractivity contribution in [3.8, 4) is 33.4 Å². The molecule has 1 fully saturated rings. The van der Waals surface area contributed by atoms with Gasteiger partial charge in [0.25, 0.3) is 11.5 Å². The number of amides is 1. The molecule has 0 aliphatic carbocycles. The molecule has 3 heterocycles. The first-order chi connectivity index (χ1) is 20.9. The van der Waals surface area contributed by atoms with E-state index in [0.717, 1.165) is 35.0 Å². The molecule has 0 unspecified atom stereocenters. The number of halogens is 1. The number of methoxy groups -OCH3 is 2. The Labute approximate surface area is 257 Å². The van der Waals surface area contributed by atoms with Crippen LogP contribution in [0.25, 0.3) is 26.3 Å². The van der Waals surface area contributed by atoms with Gasteiger partial charge in [-0.3, -0.25) is 14.2 Å². The van der Waals surface area contributed by atoms with Gasteiger partial charge in [0.05, 0.1) is 25.4 Å². The molecule has 6 rings (SSSR count). The Morgan fingerprint density at radius 3 is 2.30 bits per heavy atom. The lowest BCUT2D eigenvalue weighted by Crippen LogP contribution is -2.50. The molecule has 11 heteroatoms. The molecule has 9 nitrogen and oxygen atoms in total. The van der Waals surface area contributed by atoms with Gasteiger partial charge in [0.2, 0.25) is 0 Å². The number of fused-ring (bicyclic) bond motifs is 1. The van der Waals surface area contributed by atoms with Crippen LogP contribution in [0, 0.1) is 0 Å². The second kappa shape index (κ2) is 12.4. The van der Waals surface area contributed by atoms with Gasteiger partial charge >= 0.3 is 0 Å². The van der Waals surface area contributed by atoms with Crippen molar-refractivity contribution < 1.29 is 19.0 Å². The quantitative estimate of drug-likeness (QED) is 0.227. The molecule has 43 heavy (non-hydrogen) atoms. The number of carbonyl (C=O) groups is 1. The minimum absolute atomic E-state index is 0.0967. The van der Waals surface area contributed by atoms with Gasteiger partial charge in [0.15, 0.2) is 18.1 Å². The summed E-state index contributed by atoms with van der Waals surface area (Å²) in [5, 5.41) is 0.652. The zero-order chi connectivity index (χ0) is 29.9. The normalized spacial score (nSPS) is 13.3. The summed E-state index contributed by atoms with van der Waals surface area (Å²) in [5.74, 6) is 1.55. The Hall–Kier alpha value is -4.54. The van der Waals surface area contributed by atoms with Crippen LogP contribution in [-0.2, 0) is 4.79 Å². The van der Waals surface area contributed by atoms with Crippen LogP contribution in [-0.4, -0.2) is 67.4 Å². The van der Waals surface area contributed by atoms with Crippen LogP contribution < -0.4 is 24.7 Å². The van der Waals surface area contributed by atoms with Gasteiger partial charge in [-0.15, -0.1) is 11.3 Å². The summed E-state index contributed by atoms with van der Waals surface area (Å²) in [5.41, 5.74) is 3.09. The number of nitrogens with zero attached hydrogens (tertiary/aromatic N) is 4. The third kappa shape index (κ3) is 6.02. The third-order valence-electron chi connectivity index (χ3n) is 7.41. The van der Waals surface area contributed by atoms with Gasteiger partial charge in [-0.05, 0) is 60.2 Å². The first kappa shape index (κ1) is 28.6. The fourth-order valence-corrected chi connectivity index (χ4v) is 6.19. The number of thiophene rings is 1. The van der Waals surface area contributed by atoms with Crippen LogP contribution in [0.15, 0.2) is 83.9 Å². The summed E-state index contributed by atoms with van der Waals surface area (Å²) in [4.78, 5) is 35.9. The lowest BCUT2D eigenvalue weighted by atomic mass is 10.2. The maximum absolute atomic E-state index is 13.4. The molecule has 0 N–H and O–H groups in total. The maximum atomic E-state index is 13.4. The average Bonchev–Trinajstić information content (AvgIpc) is 3.50. The van der Waals surface area contributed by atoms with Crippen molar-refractivity contribution in [2.45, 2.75) is 0 Å². The number of hydrogen-bond acceptors (Lipinski definition) is 8. The number of benzene rings is 3. The summed E-state index contributed by atoms with van der Waals surface area (Å²) in [7, 11) is 3.17. The lowest BCUT2D eigenvalue weighted by Gasteiger charge is -2.36. The van der Waals surface area contributed by atoms with Crippen molar-refractivity contribution in [2.75, 3.05) is 51.9 Å². The summed E-state index contributed by atoms with van der Waals surface area (Å²) in [6.07, 6.45) is 1.51. The van der Waals surface area contributed by atoms with E-state index in [2.05, 4.69) is 9.88 Å². The van der Waals surface area contributed by atoms with Crippen molar-refractivity contribution in [2.24, 2.45) is 0 Å². The summed E-state index contributed by atoms with van der Waals surface area (Å²) in [6.45, 7) is 2.55. The largest absolute Gasteiger partial charge is 0.497 e. The molecule has 2 aromatic heterocycles. The molecule has 1 saturated heterocycles. The monoisotopic (exact) mass is 616 g/mol. The van der Waals surface area contributed by atoms with Crippen LogP contribution in [0.4, 0.5) is 5.69 Å². The van der Waals surface area contributed by atoms with Crippen molar-refractivity contribution >= 4 is 44.7 Å². The molecular weight excluding hydrogens is 588 g/mol. The van der Waals surface area contributed by atoms with E-state index in [4.69, 9.17) is 25.8 Å². The SMILES string of the molecule is COc1ccc(N2CCN(C(=O)COc3ccc(-n4cnc5cc(-c6ccc(Cl)cc6)sc5c4=O)cc3OC)CC2)cc1. The zero-order valence-corrected chi connectivity index (χ0v) is 25.2. The predicted molar refractivity (Wildman–Crippen MR) is 169 cm³/mol. The molecule has 0 spiro atoms. The van der Waals surface area contributed by atoms with E-state index in [1.807, 2.05) is 54.6 Å². The van der Waals surface area contributed by atoms with Gasteiger partial charge in [-0.25, -0.2) is 4.98 Å². The highest BCUT2D eigenvalue weighted by molar-refractivity contribution is 7.22. The Kier molecular flexibility index (Phi) is 8.22. The minimum atomic E-state index is -0.185.